The van der Waals surface area contributed by atoms with Crippen LogP contribution in [-0.4, -0.2) is 23.7 Å². The Labute approximate surface area is 116 Å². The van der Waals surface area contributed by atoms with Crippen LogP contribution in [0.1, 0.15) is 30.0 Å². The molecule has 0 radical (unpaired) electrons. The first-order chi connectivity index (χ1) is 9.43. The fourth-order valence-corrected chi connectivity index (χ4v) is 1.98. The van der Waals surface area contributed by atoms with E-state index in [2.05, 4.69) is 5.32 Å². The lowest BCUT2D eigenvalue weighted by Crippen LogP contribution is -2.38. The van der Waals surface area contributed by atoms with Crippen LogP contribution in [0.5, 0.6) is 0 Å². The summed E-state index contributed by atoms with van der Waals surface area (Å²) in [6.07, 6.45) is 0. The van der Waals surface area contributed by atoms with Crippen molar-refractivity contribution in [1.82, 2.24) is 5.32 Å². The molecule has 2 aromatic rings. The molecule has 2 atom stereocenters. The quantitative estimate of drug-likeness (QED) is 0.904. The fourth-order valence-electron chi connectivity index (χ4n) is 1.98. The molecule has 4 nitrogen and oxygen atoms in total. The highest BCUT2D eigenvalue weighted by molar-refractivity contribution is 5.99. The van der Waals surface area contributed by atoms with Crippen molar-refractivity contribution in [2.24, 2.45) is 5.92 Å². The summed E-state index contributed by atoms with van der Waals surface area (Å²) in [5.41, 5.74) is 1.10. The number of hydrogen-bond acceptors (Lipinski definition) is 3. The van der Waals surface area contributed by atoms with Crippen LogP contribution in [0.4, 0.5) is 4.39 Å². The molecule has 0 aliphatic carbocycles. The molecule has 20 heavy (non-hydrogen) atoms. The van der Waals surface area contributed by atoms with E-state index in [9.17, 15) is 9.18 Å². The third-order valence-corrected chi connectivity index (χ3v) is 3.60. The summed E-state index contributed by atoms with van der Waals surface area (Å²) < 4.78 is 18.7. The zero-order valence-electron chi connectivity index (χ0n) is 11.7. The predicted molar refractivity (Wildman–Crippen MR) is 74.1 cm³/mol. The standard InChI is InChI=1S/C15H18FNO3/c1-8(7-18)10(3)17-15(19)14-9(2)12-6-11(16)4-5-13(12)20-14/h4-6,8,10,18H,7H2,1-3H3,(H,17,19). The summed E-state index contributed by atoms with van der Waals surface area (Å²) in [7, 11) is 0. The Hall–Kier alpha value is -1.88. The molecule has 0 saturated heterocycles. The van der Waals surface area contributed by atoms with Gasteiger partial charge in [-0.1, -0.05) is 6.92 Å². The number of aliphatic hydroxyl groups is 1. The van der Waals surface area contributed by atoms with Crippen LogP contribution in [0.3, 0.4) is 0 Å². The maximum atomic E-state index is 13.2. The van der Waals surface area contributed by atoms with Crippen molar-refractivity contribution >= 4 is 16.9 Å². The molecule has 5 heteroatoms. The van der Waals surface area contributed by atoms with E-state index in [0.717, 1.165) is 0 Å². The first kappa shape index (κ1) is 14.5. The summed E-state index contributed by atoms with van der Waals surface area (Å²) in [5.74, 6) is -0.591. The van der Waals surface area contributed by atoms with Crippen LogP contribution in [-0.2, 0) is 0 Å². The maximum Gasteiger partial charge on any atom is 0.287 e. The van der Waals surface area contributed by atoms with Crippen LogP contribution in [0.25, 0.3) is 11.0 Å². The van der Waals surface area contributed by atoms with Crippen molar-refractivity contribution in [1.29, 1.82) is 0 Å². The van der Waals surface area contributed by atoms with Crippen molar-refractivity contribution in [3.8, 4) is 0 Å². The molecule has 0 saturated carbocycles. The lowest BCUT2D eigenvalue weighted by Gasteiger charge is -2.18. The van der Waals surface area contributed by atoms with Gasteiger partial charge in [-0.25, -0.2) is 4.39 Å². The molecule has 0 aliphatic rings. The molecule has 1 amide bonds. The summed E-state index contributed by atoms with van der Waals surface area (Å²) in [6, 6.07) is 3.97. The average Bonchev–Trinajstić information content (AvgIpc) is 2.75. The largest absolute Gasteiger partial charge is 0.451 e. The van der Waals surface area contributed by atoms with Crippen molar-refractivity contribution in [2.45, 2.75) is 26.8 Å². The first-order valence-electron chi connectivity index (χ1n) is 6.54. The highest BCUT2D eigenvalue weighted by atomic mass is 19.1. The molecule has 1 aromatic heterocycles. The van der Waals surface area contributed by atoms with Crippen LogP contribution in [0.2, 0.25) is 0 Å². The highest BCUT2D eigenvalue weighted by Crippen LogP contribution is 2.26. The van der Waals surface area contributed by atoms with Gasteiger partial charge in [-0.3, -0.25) is 4.79 Å². The Morgan fingerprint density at radius 1 is 1.45 bits per heavy atom. The van der Waals surface area contributed by atoms with Crippen molar-refractivity contribution in [3.05, 3.63) is 35.3 Å². The highest BCUT2D eigenvalue weighted by Gasteiger charge is 2.21. The summed E-state index contributed by atoms with van der Waals surface area (Å²) in [5, 5.41) is 12.4. The second-order valence-electron chi connectivity index (χ2n) is 5.12. The summed E-state index contributed by atoms with van der Waals surface area (Å²) in [4.78, 5) is 12.2. The van der Waals surface area contributed by atoms with Gasteiger partial charge in [-0.15, -0.1) is 0 Å². The fraction of sp³-hybridized carbons (Fsp3) is 0.400. The molecular weight excluding hydrogens is 261 g/mol. The Bertz CT molecular complexity index is 635. The SMILES string of the molecule is Cc1c(C(=O)NC(C)C(C)CO)oc2ccc(F)cc12. The molecule has 0 spiro atoms. The number of hydrogen-bond donors (Lipinski definition) is 2. The van der Waals surface area contributed by atoms with Gasteiger partial charge >= 0.3 is 0 Å². The number of carbonyl (C=O) groups excluding carboxylic acids is 1. The number of rotatable bonds is 4. The molecule has 0 aliphatic heterocycles. The van der Waals surface area contributed by atoms with Crippen LogP contribution >= 0.6 is 0 Å². The minimum absolute atomic E-state index is 0.00816. The molecule has 0 bridgehead atoms. The smallest absolute Gasteiger partial charge is 0.287 e. The minimum Gasteiger partial charge on any atom is -0.451 e. The topological polar surface area (TPSA) is 62.5 Å². The van der Waals surface area contributed by atoms with E-state index in [-0.39, 0.29) is 36.1 Å². The van der Waals surface area contributed by atoms with Gasteiger partial charge in [0.05, 0.1) is 0 Å². The van der Waals surface area contributed by atoms with E-state index < -0.39 is 0 Å². The zero-order valence-corrected chi connectivity index (χ0v) is 11.7. The normalized spacial score (nSPS) is 14.2. The van der Waals surface area contributed by atoms with Crippen LogP contribution < -0.4 is 5.32 Å². The van der Waals surface area contributed by atoms with E-state index >= 15 is 0 Å². The Kier molecular flexibility index (Phi) is 4.09. The van der Waals surface area contributed by atoms with Crippen molar-refractivity contribution in [3.63, 3.8) is 0 Å². The second kappa shape index (κ2) is 5.63. The van der Waals surface area contributed by atoms with Gasteiger partial charge < -0.3 is 14.8 Å². The third-order valence-electron chi connectivity index (χ3n) is 3.60. The number of aryl methyl sites for hydroxylation is 1. The summed E-state index contributed by atoms with van der Waals surface area (Å²) >= 11 is 0. The van der Waals surface area contributed by atoms with Gasteiger partial charge in [0.15, 0.2) is 5.76 Å². The third kappa shape index (κ3) is 2.67. The number of carbonyl (C=O) groups is 1. The number of amides is 1. The molecule has 1 heterocycles. The van der Waals surface area contributed by atoms with Gasteiger partial charge in [-0.05, 0) is 38.0 Å². The number of halogens is 1. The van der Waals surface area contributed by atoms with Gasteiger partial charge in [0.1, 0.15) is 11.4 Å². The lowest BCUT2D eigenvalue weighted by molar-refractivity contribution is 0.0889. The number of nitrogens with one attached hydrogen (secondary N) is 1. The monoisotopic (exact) mass is 279 g/mol. The van der Waals surface area contributed by atoms with E-state index in [1.165, 1.54) is 18.2 Å². The predicted octanol–water partition coefficient (Wildman–Crippen LogP) is 2.63. The van der Waals surface area contributed by atoms with E-state index in [4.69, 9.17) is 9.52 Å². The van der Waals surface area contributed by atoms with Crippen molar-refractivity contribution < 1.29 is 18.7 Å². The van der Waals surface area contributed by atoms with Gasteiger partial charge in [0, 0.05) is 23.6 Å². The lowest BCUT2D eigenvalue weighted by atomic mass is 10.0. The molecule has 108 valence electrons. The van der Waals surface area contributed by atoms with Crippen molar-refractivity contribution in [2.75, 3.05) is 6.61 Å². The molecule has 0 fully saturated rings. The average molecular weight is 279 g/mol. The Morgan fingerprint density at radius 2 is 2.15 bits per heavy atom. The number of benzene rings is 1. The van der Waals surface area contributed by atoms with Crippen LogP contribution in [0.15, 0.2) is 22.6 Å². The Morgan fingerprint density at radius 3 is 2.80 bits per heavy atom. The molecule has 2 rings (SSSR count). The molecule has 2 N–H and O–H groups in total. The minimum atomic E-state index is -0.365. The number of furan rings is 1. The Balaban J connectivity index is 2.29. The van der Waals surface area contributed by atoms with Gasteiger partial charge in [-0.2, -0.15) is 0 Å². The summed E-state index contributed by atoms with van der Waals surface area (Å²) in [6.45, 7) is 5.37. The van der Waals surface area contributed by atoms with E-state index in [0.29, 0.717) is 16.5 Å². The second-order valence-corrected chi connectivity index (χ2v) is 5.12. The van der Waals surface area contributed by atoms with E-state index in [1.54, 1.807) is 6.92 Å². The molecule has 1 aromatic carbocycles. The van der Waals surface area contributed by atoms with Crippen LogP contribution in [0, 0.1) is 18.7 Å². The molecular formula is C15H18FNO3. The zero-order chi connectivity index (χ0) is 14.9. The maximum absolute atomic E-state index is 13.2. The molecule has 2 unspecified atom stereocenters. The van der Waals surface area contributed by atoms with E-state index in [1.807, 2.05) is 13.8 Å². The number of aliphatic hydroxyl groups excluding tert-OH is 1. The van der Waals surface area contributed by atoms with Gasteiger partial charge in [0.25, 0.3) is 5.91 Å². The van der Waals surface area contributed by atoms with Gasteiger partial charge in [0.2, 0.25) is 0 Å². The first-order valence-corrected chi connectivity index (χ1v) is 6.54. The number of fused-ring (bicyclic) bond motifs is 1.